The highest BCUT2D eigenvalue weighted by Gasteiger charge is 2.46. The van der Waals surface area contributed by atoms with Gasteiger partial charge in [-0.3, -0.25) is 9.80 Å². The van der Waals surface area contributed by atoms with E-state index in [4.69, 9.17) is 10.5 Å². The lowest BCUT2D eigenvalue weighted by Gasteiger charge is -2.43. The van der Waals surface area contributed by atoms with E-state index in [-0.39, 0.29) is 36.4 Å². The quantitative estimate of drug-likeness (QED) is 0.0856. The van der Waals surface area contributed by atoms with Crippen LogP contribution in [-0.2, 0) is 28.2 Å². The summed E-state index contributed by atoms with van der Waals surface area (Å²) in [6.45, 7) is 6.41. The van der Waals surface area contributed by atoms with Crippen LogP contribution in [0.2, 0.25) is 0 Å². The molecule has 53 heavy (non-hydrogen) atoms. The van der Waals surface area contributed by atoms with Crippen molar-refractivity contribution in [2.45, 2.75) is 56.9 Å². The molecule has 2 fully saturated rings. The molecule has 2 aliphatic heterocycles. The minimum atomic E-state index is -2.09. The second-order valence-corrected chi connectivity index (χ2v) is 14.2. The number of amides is 2. The molecule has 1 atom stereocenters. The van der Waals surface area contributed by atoms with Gasteiger partial charge in [-0.15, -0.1) is 12.4 Å². The lowest BCUT2D eigenvalue weighted by Crippen LogP contribution is -2.48. The van der Waals surface area contributed by atoms with Crippen molar-refractivity contribution in [1.29, 1.82) is 0 Å². The number of esters is 1. The predicted octanol–water partition coefficient (Wildman–Crippen LogP) is 6.55. The number of likely N-dealkylation sites (tertiary alicyclic amines) is 2. The molecule has 1 unspecified atom stereocenters. The van der Waals surface area contributed by atoms with Gasteiger partial charge in [-0.2, -0.15) is 0 Å². The molecule has 6 rings (SSSR count). The van der Waals surface area contributed by atoms with Crippen LogP contribution < -0.4 is 16.4 Å². The number of piperidine rings is 2. The van der Waals surface area contributed by atoms with E-state index in [0.717, 1.165) is 65.0 Å². The second kappa shape index (κ2) is 19.7. The number of nitrogens with one attached hydrogen (secondary N) is 2. The third kappa shape index (κ3) is 10.7. The van der Waals surface area contributed by atoms with Crippen molar-refractivity contribution in [2.24, 2.45) is 17.6 Å². The molecule has 0 bridgehead atoms. The van der Waals surface area contributed by atoms with Crippen LogP contribution in [-0.4, -0.2) is 72.3 Å². The summed E-state index contributed by atoms with van der Waals surface area (Å²) in [5.41, 5.74) is 7.28. The van der Waals surface area contributed by atoms with Crippen molar-refractivity contribution >= 4 is 30.1 Å². The van der Waals surface area contributed by atoms with Gasteiger partial charge in [-0.05, 0) is 105 Å². The third-order valence-corrected chi connectivity index (χ3v) is 10.6. The molecule has 2 aliphatic rings. The largest absolute Gasteiger partial charge is 0.459 e. The maximum absolute atomic E-state index is 14.7. The Labute approximate surface area is 320 Å². The Kier molecular flexibility index (Phi) is 14.9. The number of nitrogens with two attached hydrogens (primary N) is 1. The van der Waals surface area contributed by atoms with Gasteiger partial charge in [0.1, 0.15) is 6.10 Å². The molecule has 5 N–H and O–H groups in total. The number of hydrogen-bond donors (Lipinski definition) is 4. The Balaban J connectivity index is 0.00000541. The van der Waals surface area contributed by atoms with Crippen molar-refractivity contribution in [3.8, 4) is 0 Å². The monoisotopic (exact) mass is 739 g/mol. The third-order valence-electron chi connectivity index (χ3n) is 10.6. The van der Waals surface area contributed by atoms with Crippen LogP contribution in [0.25, 0.3) is 0 Å². The minimum Gasteiger partial charge on any atom is -0.459 e. The Morgan fingerprint density at radius 1 is 0.736 bits per heavy atom. The molecular formula is C43H54ClN5O4. The Bertz CT molecular complexity index is 1640. The average Bonchev–Trinajstić information content (AvgIpc) is 3.18. The summed E-state index contributed by atoms with van der Waals surface area (Å²) >= 11 is 0. The standard InChI is InChI=1S/C43H53N5O4.ClH/c44-24-11-25-45-42(50)46-39-19-10-18-38(30-39)43(51,37-16-8-3-9-17-37)41(49)52-40(35-20-26-47(27-21-35)31-33-12-4-1-5-13-33)36-22-28-48(29-23-36)32-34-14-6-2-7-15-34;/h1-10,12-19,30,35-36,40,51H,11,20-29,31-32,44H2,(H2,45,46,50);1H. The van der Waals surface area contributed by atoms with Gasteiger partial charge in [0, 0.05) is 30.9 Å². The fraction of sp³-hybridized carbons (Fsp3) is 0.395. The molecule has 282 valence electrons. The molecule has 0 radical (unpaired) electrons. The highest BCUT2D eigenvalue weighted by atomic mass is 35.5. The normalized spacial score (nSPS) is 17.0. The van der Waals surface area contributed by atoms with Crippen LogP contribution in [0.3, 0.4) is 0 Å². The molecule has 0 aromatic heterocycles. The molecular weight excluding hydrogens is 686 g/mol. The van der Waals surface area contributed by atoms with E-state index < -0.39 is 11.6 Å². The van der Waals surface area contributed by atoms with E-state index in [1.54, 1.807) is 36.4 Å². The number of carbonyl (C=O) groups excluding carboxylic acids is 2. The van der Waals surface area contributed by atoms with Gasteiger partial charge in [-0.1, -0.05) is 103 Å². The summed E-state index contributed by atoms with van der Waals surface area (Å²) in [6, 6.07) is 36.5. The predicted molar refractivity (Wildman–Crippen MR) is 213 cm³/mol. The average molecular weight is 740 g/mol. The number of anilines is 1. The fourth-order valence-electron chi connectivity index (χ4n) is 7.73. The Morgan fingerprint density at radius 3 is 1.74 bits per heavy atom. The van der Waals surface area contributed by atoms with Crippen LogP contribution in [0.15, 0.2) is 115 Å². The summed E-state index contributed by atoms with van der Waals surface area (Å²) in [6.07, 6.45) is 3.98. The number of nitrogens with zero attached hydrogens (tertiary/aromatic N) is 2. The van der Waals surface area contributed by atoms with Crippen molar-refractivity contribution in [3.63, 3.8) is 0 Å². The van der Waals surface area contributed by atoms with Gasteiger partial charge in [0.25, 0.3) is 0 Å². The van der Waals surface area contributed by atoms with E-state index in [1.165, 1.54) is 11.1 Å². The van der Waals surface area contributed by atoms with Crippen LogP contribution in [0, 0.1) is 11.8 Å². The SMILES string of the molecule is Cl.NCCCNC(=O)Nc1cccc(C(O)(C(=O)OC(C2CCN(Cc3ccccc3)CC2)C2CCN(Cc3ccccc3)CC2)c2ccccc2)c1. The summed E-state index contributed by atoms with van der Waals surface area (Å²) in [4.78, 5) is 32.2. The lowest BCUT2D eigenvalue weighted by molar-refractivity contribution is -0.177. The molecule has 0 aliphatic carbocycles. The van der Waals surface area contributed by atoms with Gasteiger partial charge < -0.3 is 26.2 Å². The van der Waals surface area contributed by atoms with Gasteiger partial charge in [0.05, 0.1) is 0 Å². The van der Waals surface area contributed by atoms with E-state index in [2.05, 4.69) is 69.0 Å². The summed E-state index contributed by atoms with van der Waals surface area (Å²) in [5, 5.41) is 18.2. The zero-order valence-corrected chi connectivity index (χ0v) is 31.3. The van der Waals surface area contributed by atoms with Crippen LogP contribution in [0.4, 0.5) is 10.5 Å². The number of aliphatic hydroxyl groups is 1. The maximum atomic E-state index is 14.7. The Hall–Kier alpha value is -4.25. The highest BCUT2D eigenvalue weighted by molar-refractivity contribution is 5.90. The van der Waals surface area contributed by atoms with Crippen molar-refractivity contribution in [2.75, 3.05) is 44.6 Å². The zero-order valence-electron chi connectivity index (χ0n) is 30.4. The molecule has 10 heteroatoms. The van der Waals surface area contributed by atoms with Gasteiger partial charge in [0.2, 0.25) is 5.60 Å². The van der Waals surface area contributed by atoms with Crippen molar-refractivity contribution in [3.05, 3.63) is 138 Å². The number of benzene rings is 4. The number of carbonyl (C=O) groups is 2. The first-order valence-corrected chi connectivity index (χ1v) is 18.8. The van der Waals surface area contributed by atoms with Crippen molar-refractivity contribution in [1.82, 2.24) is 15.1 Å². The van der Waals surface area contributed by atoms with E-state index in [1.807, 2.05) is 30.3 Å². The lowest BCUT2D eigenvalue weighted by atomic mass is 9.79. The number of ether oxygens (including phenoxy) is 1. The molecule has 2 amide bonds. The first kappa shape index (κ1) is 39.9. The second-order valence-electron chi connectivity index (χ2n) is 14.2. The zero-order chi connectivity index (χ0) is 36.2. The van der Waals surface area contributed by atoms with Crippen LogP contribution in [0.5, 0.6) is 0 Å². The number of urea groups is 1. The number of rotatable bonds is 14. The topological polar surface area (TPSA) is 120 Å². The molecule has 0 spiro atoms. The van der Waals surface area contributed by atoms with E-state index >= 15 is 0 Å². The minimum absolute atomic E-state index is 0. The number of halogens is 1. The molecule has 4 aromatic rings. The van der Waals surface area contributed by atoms with Gasteiger partial charge >= 0.3 is 12.0 Å². The van der Waals surface area contributed by atoms with Crippen molar-refractivity contribution < 1.29 is 19.4 Å². The molecule has 0 saturated carbocycles. The van der Waals surface area contributed by atoms with E-state index in [0.29, 0.717) is 36.3 Å². The molecule has 4 aromatic carbocycles. The summed E-state index contributed by atoms with van der Waals surface area (Å²) < 4.78 is 6.66. The summed E-state index contributed by atoms with van der Waals surface area (Å²) in [5.74, 6) is -0.342. The Morgan fingerprint density at radius 2 is 1.23 bits per heavy atom. The highest BCUT2D eigenvalue weighted by Crippen LogP contribution is 2.38. The first-order chi connectivity index (χ1) is 25.4. The first-order valence-electron chi connectivity index (χ1n) is 18.8. The van der Waals surface area contributed by atoms with Gasteiger partial charge in [0.15, 0.2) is 0 Å². The summed E-state index contributed by atoms with van der Waals surface area (Å²) in [7, 11) is 0. The maximum Gasteiger partial charge on any atom is 0.347 e. The molecule has 9 nitrogen and oxygen atoms in total. The van der Waals surface area contributed by atoms with E-state index in [9.17, 15) is 14.7 Å². The van der Waals surface area contributed by atoms with Crippen LogP contribution in [0.1, 0.15) is 54.4 Å². The van der Waals surface area contributed by atoms with Crippen LogP contribution >= 0.6 is 12.4 Å². The van der Waals surface area contributed by atoms with Gasteiger partial charge in [-0.25, -0.2) is 9.59 Å². The smallest absolute Gasteiger partial charge is 0.347 e. The number of hydrogen-bond acceptors (Lipinski definition) is 7. The molecule has 2 saturated heterocycles. The fourth-order valence-corrected chi connectivity index (χ4v) is 7.73. The molecule has 2 heterocycles.